The number of benzene rings is 2. The minimum atomic E-state index is -2.63. The van der Waals surface area contributed by atoms with Crippen LogP contribution in [0.3, 0.4) is 0 Å². The molecule has 2 aromatic carbocycles. The number of rotatable bonds is 7. The lowest BCUT2D eigenvalue weighted by Crippen LogP contribution is -2.37. The van der Waals surface area contributed by atoms with E-state index in [0.717, 1.165) is 10.5 Å². The van der Waals surface area contributed by atoms with Crippen molar-refractivity contribution in [2.75, 3.05) is 26.8 Å². The van der Waals surface area contributed by atoms with E-state index in [1.165, 1.54) is 7.11 Å². The van der Waals surface area contributed by atoms with Gasteiger partial charge < -0.3 is 9.64 Å². The Kier molecular flexibility index (Phi) is 6.54. The Morgan fingerprint density at radius 2 is 1.89 bits per heavy atom. The molecule has 146 valence electrons. The molecule has 0 aliphatic carbocycles. The average Bonchev–Trinajstić information content (AvgIpc) is 2.70. The molecular weight excluding hydrogens is 386 g/mol. The molecule has 0 aliphatic heterocycles. The minimum absolute atomic E-state index is 0.0760. The number of hydrogen-bond donors (Lipinski definition) is 0. The van der Waals surface area contributed by atoms with E-state index in [1.807, 2.05) is 6.07 Å². The summed E-state index contributed by atoms with van der Waals surface area (Å²) in [6.07, 6.45) is -2.63. The number of hydrogen-bond acceptors (Lipinski definition) is 3. The van der Waals surface area contributed by atoms with Crippen molar-refractivity contribution in [3.05, 3.63) is 65.2 Å². The second-order valence-electron chi connectivity index (χ2n) is 6.21. The fourth-order valence-corrected chi connectivity index (χ4v) is 3.06. The van der Waals surface area contributed by atoms with E-state index in [-0.39, 0.29) is 13.2 Å². The van der Waals surface area contributed by atoms with Crippen LogP contribution in [0.5, 0.6) is 0 Å². The van der Waals surface area contributed by atoms with Crippen molar-refractivity contribution in [2.24, 2.45) is 0 Å². The summed E-state index contributed by atoms with van der Waals surface area (Å²) < 4.78 is 31.0. The van der Waals surface area contributed by atoms with Crippen molar-refractivity contribution in [3.8, 4) is 11.3 Å². The van der Waals surface area contributed by atoms with Crippen LogP contribution in [0.25, 0.3) is 22.2 Å². The Morgan fingerprint density at radius 3 is 2.57 bits per heavy atom. The molecule has 7 heteroatoms. The molecule has 1 amide bonds. The molecule has 4 nitrogen and oxygen atoms in total. The van der Waals surface area contributed by atoms with Crippen LogP contribution in [0.15, 0.2) is 54.6 Å². The van der Waals surface area contributed by atoms with Crippen LogP contribution in [0, 0.1) is 0 Å². The topological polar surface area (TPSA) is 42.4 Å². The quantitative estimate of drug-likeness (QED) is 0.562. The Morgan fingerprint density at radius 1 is 1.18 bits per heavy atom. The molecule has 0 N–H and O–H groups in total. The Hall–Kier alpha value is -2.57. The van der Waals surface area contributed by atoms with Gasteiger partial charge in [0.25, 0.3) is 12.3 Å². The predicted octanol–water partition coefficient (Wildman–Crippen LogP) is 4.91. The van der Waals surface area contributed by atoms with E-state index in [4.69, 9.17) is 16.3 Å². The van der Waals surface area contributed by atoms with E-state index in [9.17, 15) is 13.6 Å². The first-order valence-electron chi connectivity index (χ1n) is 8.71. The Bertz CT molecular complexity index is 964. The molecule has 1 heterocycles. The fourth-order valence-electron chi connectivity index (χ4n) is 2.94. The molecule has 0 spiro atoms. The van der Waals surface area contributed by atoms with Gasteiger partial charge in [-0.2, -0.15) is 0 Å². The Labute approximate surface area is 166 Å². The molecule has 0 fully saturated rings. The number of ether oxygens (including phenoxy) is 1. The van der Waals surface area contributed by atoms with Gasteiger partial charge in [-0.15, -0.1) is 0 Å². The summed E-state index contributed by atoms with van der Waals surface area (Å²) in [5, 5.41) is 1.20. The third-order valence-electron chi connectivity index (χ3n) is 4.30. The number of amides is 1. The van der Waals surface area contributed by atoms with Crippen LogP contribution in [0.4, 0.5) is 8.78 Å². The third-order valence-corrected chi connectivity index (χ3v) is 4.55. The average molecular weight is 405 g/mol. The van der Waals surface area contributed by atoms with Gasteiger partial charge in [-0.3, -0.25) is 4.79 Å². The molecular formula is C21H19ClF2N2O2. The molecule has 0 saturated heterocycles. The summed E-state index contributed by atoms with van der Waals surface area (Å²) in [7, 11) is 1.46. The standard InChI is InChI=1S/C21H19ClF2N2O2/c1-28-11-10-26(13-20(23)24)21(27)17-12-19(14-6-8-15(22)9-7-14)25-18-5-3-2-4-16(17)18/h2-9,12,20H,10-11,13H2,1H3. The second kappa shape index (κ2) is 9.08. The molecule has 28 heavy (non-hydrogen) atoms. The molecule has 0 atom stereocenters. The molecule has 0 radical (unpaired) electrons. The SMILES string of the molecule is COCCN(CC(F)F)C(=O)c1cc(-c2ccc(Cl)cc2)nc2ccccc12. The smallest absolute Gasteiger partial charge is 0.255 e. The van der Waals surface area contributed by atoms with Crippen LogP contribution in [0.2, 0.25) is 5.02 Å². The van der Waals surface area contributed by atoms with Gasteiger partial charge in [-0.1, -0.05) is 41.9 Å². The van der Waals surface area contributed by atoms with Crippen LogP contribution in [-0.4, -0.2) is 49.0 Å². The van der Waals surface area contributed by atoms with Gasteiger partial charge in [0.15, 0.2) is 0 Å². The zero-order valence-electron chi connectivity index (χ0n) is 15.2. The number of alkyl halides is 2. The van der Waals surface area contributed by atoms with Crippen molar-refractivity contribution in [3.63, 3.8) is 0 Å². The normalized spacial score (nSPS) is 11.2. The minimum Gasteiger partial charge on any atom is -0.383 e. The second-order valence-corrected chi connectivity index (χ2v) is 6.65. The zero-order chi connectivity index (χ0) is 20.1. The number of para-hydroxylation sites is 1. The molecule has 3 rings (SSSR count). The van der Waals surface area contributed by atoms with E-state index in [1.54, 1.807) is 48.5 Å². The summed E-state index contributed by atoms with van der Waals surface area (Å²) in [4.78, 5) is 18.9. The summed E-state index contributed by atoms with van der Waals surface area (Å²) >= 11 is 5.95. The summed E-state index contributed by atoms with van der Waals surface area (Å²) in [6.45, 7) is -0.409. The maximum atomic E-state index is 13.1. The number of methoxy groups -OCH3 is 1. The highest BCUT2D eigenvalue weighted by Crippen LogP contribution is 2.27. The van der Waals surface area contributed by atoms with Gasteiger partial charge in [0, 0.05) is 29.6 Å². The number of nitrogens with zero attached hydrogens (tertiary/aromatic N) is 2. The number of carbonyl (C=O) groups is 1. The monoisotopic (exact) mass is 404 g/mol. The first kappa shape index (κ1) is 20.2. The number of carbonyl (C=O) groups excluding carboxylic acids is 1. The lowest BCUT2D eigenvalue weighted by atomic mass is 10.0. The third kappa shape index (κ3) is 4.64. The highest BCUT2D eigenvalue weighted by atomic mass is 35.5. The van der Waals surface area contributed by atoms with Crippen molar-refractivity contribution < 1.29 is 18.3 Å². The first-order valence-corrected chi connectivity index (χ1v) is 9.09. The van der Waals surface area contributed by atoms with Gasteiger partial charge in [-0.25, -0.2) is 13.8 Å². The van der Waals surface area contributed by atoms with Crippen molar-refractivity contribution >= 4 is 28.4 Å². The number of halogens is 3. The van der Waals surface area contributed by atoms with Crippen LogP contribution in [-0.2, 0) is 4.74 Å². The van der Waals surface area contributed by atoms with Gasteiger partial charge in [0.1, 0.15) is 0 Å². The fraction of sp³-hybridized carbons (Fsp3) is 0.238. The highest BCUT2D eigenvalue weighted by molar-refractivity contribution is 6.30. The zero-order valence-corrected chi connectivity index (χ0v) is 16.0. The van der Waals surface area contributed by atoms with Crippen molar-refractivity contribution in [1.82, 2.24) is 9.88 Å². The number of fused-ring (bicyclic) bond motifs is 1. The number of aromatic nitrogens is 1. The van der Waals surface area contributed by atoms with Gasteiger partial charge in [0.2, 0.25) is 0 Å². The molecule has 1 aromatic heterocycles. The lowest BCUT2D eigenvalue weighted by molar-refractivity contribution is 0.0479. The van der Waals surface area contributed by atoms with Crippen LogP contribution in [0.1, 0.15) is 10.4 Å². The van der Waals surface area contributed by atoms with E-state index < -0.39 is 18.9 Å². The molecule has 0 aliphatic rings. The highest BCUT2D eigenvalue weighted by Gasteiger charge is 2.22. The van der Waals surface area contributed by atoms with Crippen LogP contribution < -0.4 is 0 Å². The predicted molar refractivity (Wildman–Crippen MR) is 106 cm³/mol. The molecule has 0 saturated carbocycles. The summed E-state index contributed by atoms with van der Waals surface area (Å²) in [6, 6.07) is 15.9. The van der Waals surface area contributed by atoms with E-state index >= 15 is 0 Å². The molecule has 0 bridgehead atoms. The van der Waals surface area contributed by atoms with Crippen molar-refractivity contribution in [2.45, 2.75) is 6.43 Å². The number of pyridine rings is 1. The Balaban J connectivity index is 2.09. The van der Waals surface area contributed by atoms with Crippen LogP contribution >= 0.6 is 11.6 Å². The van der Waals surface area contributed by atoms with Crippen molar-refractivity contribution in [1.29, 1.82) is 0 Å². The largest absolute Gasteiger partial charge is 0.383 e. The maximum absolute atomic E-state index is 13.1. The van der Waals surface area contributed by atoms with E-state index in [0.29, 0.717) is 27.2 Å². The maximum Gasteiger partial charge on any atom is 0.255 e. The lowest BCUT2D eigenvalue weighted by Gasteiger charge is -2.23. The van der Waals surface area contributed by atoms with E-state index in [2.05, 4.69) is 4.98 Å². The first-order chi connectivity index (χ1) is 13.5. The van der Waals surface area contributed by atoms with Gasteiger partial charge in [0.05, 0.1) is 29.9 Å². The summed E-state index contributed by atoms with van der Waals surface area (Å²) in [5.41, 5.74) is 2.29. The molecule has 3 aromatic rings. The van der Waals surface area contributed by atoms with Gasteiger partial charge >= 0.3 is 0 Å². The summed E-state index contributed by atoms with van der Waals surface area (Å²) in [5.74, 6) is -0.480. The van der Waals surface area contributed by atoms with Gasteiger partial charge in [-0.05, 0) is 24.3 Å². The molecule has 0 unspecified atom stereocenters.